The SMILES string of the molecule is O=S(=O)(Cl)c1cc(C(F)F)cs1. The summed E-state index contributed by atoms with van der Waals surface area (Å²) in [5, 5.41) is 1.07. The number of hydrogen-bond acceptors (Lipinski definition) is 3. The summed E-state index contributed by atoms with van der Waals surface area (Å²) in [7, 11) is 1.06. The monoisotopic (exact) mass is 232 g/mol. The highest BCUT2D eigenvalue weighted by atomic mass is 35.7. The van der Waals surface area contributed by atoms with E-state index in [0.29, 0.717) is 11.3 Å². The molecule has 1 heterocycles. The van der Waals surface area contributed by atoms with Gasteiger partial charge in [0.15, 0.2) is 0 Å². The molecule has 0 radical (unpaired) electrons. The first kappa shape index (κ1) is 9.88. The van der Waals surface area contributed by atoms with Crippen molar-refractivity contribution in [3.05, 3.63) is 17.0 Å². The summed E-state index contributed by atoms with van der Waals surface area (Å²) in [6.45, 7) is 0. The molecule has 0 aromatic carbocycles. The minimum Gasteiger partial charge on any atom is -0.206 e. The second kappa shape index (κ2) is 3.27. The van der Waals surface area contributed by atoms with Crippen LogP contribution in [0.3, 0.4) is 0 Å². The van der Waals surface area contributed by atoms with Gasteiger partial charge in [-0.15, -0.1) is 11.3 Å². The summed E-state index contributed by atoms with van der Waals surface area (Å²) in [6, 6.07) is 0.873. The molecule has 0 amide bonds. The van der Waals surface area contributed by atoms with E-state index in [-0.39, 0.29) is 9.77 Å². The van der Waals surface area contributed by atoms with Crippen LogP contribution in [0, 0.1) is 0 Å². The van der Waals surface area contributed by atoms with E-state index in [1.54, 1.807) is 0 Å². The van der Waals surface area contributed by atoms with Crippen LogP contribution >= 0.6 is 22.0 Å². The van der Waals surface area contributed by atoms with Gasteiger partial charge in [0.05, 0.1) is 0 Å². The lowest BCUT2D eigenvalue weighted by Crippen LogP contribution is -1.85. The summed E-state index contributed by atoms with van der Waals surface area (Å²) in [4.78, 5) is 0. The Kier molecular flexibility index (Phi) is 2.70. The van der Waals surface area contributed by atoms with E-state index in [4.69, 9.17) is 10.7 Å². The van der Waals surface area contributed by atoms with Crippen molar-refractivity contribution in [3.8, 4) is 0 Å². The van der Waals surface area contributed by atoms with Crippen molar-refractivity contribution in [2.75, 3.05) is 0 Å². The van der Waals surface area contributed by atoms with Crippen molar-refractivity contribution in [2.24, 2.45) is 0 Å². The molecular weight excluding hydrogens is 230 g/mol. The third-order valence-corrected chi connectivity index (χ3v) is 4.15. The fourth-order valence-electron chi connectivity index (χ4n) is 0.573. The molecule has 68 valence electrons. The van der Waals surface area contributed by atoms with Crippen molar-refractivity contribution in [1.29, 1.82) is 0 Å². The first-order valence-electron chi connectivity index (χ1n) is 2.72. The highest BCUT2D eigenvalue weighted by Gasteiger charge is 2.16. The molecular formula is C5H3ClF2O2S2. The van der Waals surface area contributed by atoms with Crippen LogP contribution in [-0.4, -0.2) is 8.42 Å². The fourth-order valence-corrected chi connectivity index (χ4v) is 2.54. The fraction of sp³-hybridized carbons (Fsp3) is 0.200. The normalized spacial score (nSPS) is 12.3. The molecule has 1 aromatic heterocycles. The van der Waals surface area contributed by atoms with E-state index in [1.165, 1.54) is 0 Å². The zero-order chi connectivity index (χ0) is 9.35. The quantitative estimate of drug-likeness (QED) is 0.735. The number of hydrogen-bond donors (Lipinski definition) is 0. The average molecular weight is 233 g/mol. The predicted molar refractivity (Wildman–Crippen MR) is 42.3 cm³/mol. The molecule has 0 bridgehead atoms. The van der Waals surface area contributed by atoms with E-state index in [0.717, 1.165) is 11.4 Å². The van der Waals surface area contributed by atoms with Gasteiger partial charge in [-0.25, -0.2) is 17.2 Å². The first-order chi connectivity index (χ1) is 5.41. The van der Waals surface area contributed by atoms with Crippen LogP contribution in [-0.2, 0) is 9.05 Å². The largest absolute Gasteiger partial charge is 0.270 e. The Hall–Kier alpha value is -0.200. The number of thiophene rings is 1. The van der Waals surface area contributed by atoms with Crippen molar-refractivity contribution in [3.63, 3.8) is 0 Å². The number of rotatable bonds is 2. The molecule has 0 N–H and O–H groups in total. The van der Waals surface area contributed by atoms with Gasteiger partial charge in [-0.1, -0.05) is 0 Å². The molecule has 1 rings (SSSR count). The summed E-state index contributed by atoms with van der Waals surface area (Å²) < 4.78 is 44.8. The Morgan fingerprint density at radius 1 is 1.50 bits per heavy atom. The molecule has 0 fully saturated rings. The molecule has 0 saturated heterocycles. The van der Waals surface area contributed by atoms with E-state index in [9.17, 15) is 17.2 Å². The van der Waals surface area contributed by atoms with Crippen LogP contribution in [0.1, 0.15) is 12.0 Å². The smallest absolute Gasteiger partial charge is 0.206 e. The third-order valence-electron chi connectivity index (χ3n) is 1.09. The number of alkyl halides is 2. The average Bonchev–Trinajstić information content (AvgIpc) is 2.30. The standard InChI is InChI=1S/C5H3ClF2O2S2/c6-12(9,10)4-1-3(2-11-4)5(7)8/h1-2,5H. The summed E-state index contributed by atoms with van der Waals surface area (Å²) in [6.07, 6.45) is -2.66. The van der Waals surface area contributed by atoms with Crippen LogP contribution in [0.5, 0.6) is 0 Å². The maximum atomic E-state index is 11.9. The molecule has 0 aliphatic rings. The Balaban J connectivity index is 3.09. The van der Waals surface area contributed by atoms with Crippen molar-refractivity contribution in [1.82, 2.24) is 0 Å². The van der Waals surface area contributed by atoms with Gasteiger partial charge >= 0.3 is 0 Å². The van der Waals surface area contributed by atoms with Crippen molar-refractivity contribution < 1.29 is 17.2 Å². The molecule has 0 unspecified atom stereocenters. The van der Waals surface area contributed by atoms with Crippen LogP contribution < -0.4 is 0 Å². The molecule has 12 heavy (non-hydrogen) atoms. The van der Waals surface area contributed by atoms with Gasteiger partial charge in [0.1, 0.15) is 4.21 Å². The summed E-state index contributed by atoms with van der Waals surface area (Å²) in [5.74, 6) is 0. The van der Waals surface area contributed by atoms with E-state index >= 15 is 0 Å². The first-order valence-corrected chi connectivity index (χ1v) is 5.91. The van der Waals surface area contributed by atoms with Crippen LogP contribution in [0.25, 0.3) is 0 Å². The molecule has 0 atom stereocenters. The van der Waals surface area contributed by atoms with Crippen LogP contribution in [0.15, 0.2) is 15.7 Å². The highest BCUT2D eigenvalue weighted by molar-refractivity contribution is 8.15. The second-order valence-corrected chi connectivity index (χ2v) is 5.64. The topological polar surface area (TPSA) is 34.1 Å². The van der Waals surface area contributed by atoms with Crippen molar-refractivity contribution in [2.45, 2.75) is 10.6 Å². The molecule has 0 saturated carbocycles. The van der Waals surface area contributed by atoms with Crippen LogP contribution in [0.2, 0.25) is 0 Å². The van der Waals surface area contributed by atoms with Gasteiger partial charge in [0, 0.05) is 21.6 Å². The Morgan fingerprint density at radius 3 is 2.33 bits per heavy atom. The maximum absolute atomic E-state index is 11.9. The predicted octanol–water partition coefficient (Wildman–Crippen LogP) is 2.61. The molecule has 0 spiro atoms. The minimum atomic E-state index is -3.86. The summed E-state index contributed by atoms with van der Waals surface area (Å²) >= 11 is 0.685. The zero-order valence-electron chi connectivity index (χ0n) is 5.50. The van der Waals surface area contributed by atoms with Gasteiger partial charge in [-0.05, 0) is 6.07 Å². The lowest BCUT2D eigenvalue weighted by atomic mass is 10.4. The lowest BCUT2D eigenvalue weighted by Gasteiger charge is -1.89. The highest BCUT2D eigenvalue weighted by Crippen LogP contribution is 2.29. The van der Waals surface area contributed by atoms with E-state index < -0.39 is 15.5 Å². The third kappa shape index (κ3) is 2.15. The molecule has 2 nitrogen and oxygen atoms in total. The Bertz CT molecular complexity index is 371. The van der Waals surface area contributed by atoms with E-state index in [1.807, 2.05) is 0 Å². The van der Waals surface area contributed by atoms with Crippen molar-refractivity contribution >= 4 is 31.1 Å². The summed E-state index contributed by atoms with van der Waals surface area (Å²) in [5.41, 5.74) is -0.320. The van der Waals surface area contributed by atoms with Gasteiger partial charge < -0.3 is 0 Å². The Labute approximate surface area is 76.2 Å². The minimum absolute atomic E-state index is 0.250. The van der Waals surface area contributed by atoms with Gasteiger partial charge in [0.2, 0.25) is 0 Å². The maximum Gasteiger partial charge on any atom is 0.270 e. The lowest BCUT2D eigenvalue weighted by molar-refractivity contribution is 0.152. The van der Waals surface area contributed by atoms with Gasteiger partial charge in [-0.3, -0.25) is 0 Å². The molecule has 0 aliphatic heterocycles. The van der Waals surface area contributed by atoms with E-state index in [2.05, 4.69) is 0 Å². The number of halogens is 3. The van der Waals surface area contributed by atoms with Crippen LogP contribution in [0.4, 0.5) is 8.78 Å². The van der Waals surface area contributed by atoms with Gasteiger partial charge in [-0.2, -0.15) is 0 Å². The molecule has 0 aliphatic carbocycles. The molecule has 1 aromatic rings. The molecule has 7 heteroatoms. The Morgan fingerprint density at radius 2 is 2.08 bits per heavy atom. The zero-order valence-corrected chi connectivity index (χ0v) is 7.89. The van der Waals surface area contributed by atoms with Gasteiger partial charge in [0.25, 0.3) is 15.5 Å². The second-order valence-electron chi connectivity index (χ2n) is 1.94.